The van der Waals surface area contributed by atoms with Crippen molar-refractivity contribution in [3.63, 3.8) is 0 Å². The number of hydrogen-bond donors (Lipinski definition) is 0. The minimum Gasteiger partial charge on any atom is -0.497 e. The van der Waals surface area contributed by atoms with Gasteiger partial charge in [0.05, 0.1) is 7.11 Å². The molecule has 2 aromatic carbocycles. The summed E-state index contributed by atoms with van der Waals surface area (Å²) in [6, 6.07) is 20.4. The lowest BCUT2D eigenvalue weighted by molar-refractivity contribution is 0.415. The van der Waals surface area contributed by atoms with Crippen LogP contribution in [-0.2, 0) is 0 Å². The maximum Gasteiger partial charge on any atom is 0.340 e. The fourth-order valence-electron chi connectivity index (χ4n) is 1.30. The summed E-state index contributed by atoms with van der Waals surface area (Å²) in [5.74, 6) is 0.838. The molecule has 0 saturated heterocycles. The maximum atomic E-state index is 5.07. The van der Waals surface area contributed by atoms with E-state index >= 15 is 0 Å². The van der Waals surface area contributed by atoms with Crippen molar-refractivity contribution in [1.82, 2.24) is 0 Å². The number of hydrogen-bond acceptors (Lipinski definition) is 1. The van der Waals surface area contributed by atoms with Crippen molar-refractivity contribution in [3.8, 4) is 11.8 Å². The van der Waals surface area contributed by atoms with Gasteiger partial charge in [0.15, 0.2) is 0 Å². The molecule has 0 aliphatic heterocycles. The fraction of sp³-hybridized carbons (Fsp3) is 0.0714. The highest BCUT2D eigenvalue weighted by Gasteiger charge is 1.99. The molecule has 16 heavy (non-hydrogen) atoms. The van der Waals surface area contributed by atoms with Crippen molar-refractivity contribution in [2.75, 3.05) is 7.11 Å². The minimum absolute atomic E-state index is 0.838. The van der Waals surface area contributed by atoms with Gasteiger partial charge in [0.25, 0.3) is 0 Å². The highest BCUT2D eigenvalue weighted by atomic mass is 16.5. The second-order valence-electron chi connectivity index (χ2n) is 3.29. The Morgan fingerprint density at radius 2 is 1.62 bits per heavy atom. The van der Waals surface area contributed by atoms with Crippen LogP contribution in [0.5, 0.6) is 5.75 Å². The van der Waals surface area contributed by atoms with Crippen LogP contribution in [0.1, 0.15) is 5.56 Å². The lowest BCUT2D eigenvalue weighted by atomic mass is 10.2. The van der Waals surface area contributed by atoms with Gasteiger partial charge >= 0.3 is 11.8 Å². The third-order valence-electron chi connectivity index (χ3n) is 2.16. The zero-order valence-corrected chi connectivity index (χ0v) is 9.05. The number of para-hydroxylation sites is 1. The number of ether oxygens (including phenoxy) is 1. The molecule has 0 atom stereocenters. The molecule has 0 aliphatic rings. The molecule has 2 aromatic rings. The molecule has 0 radical (unpaired) electrons. The Balaban J connectivity index is 2.18. The van der Waals surface area contributed by atoms with E-state index in [0.29, 0.717) is 0 Å². The highest BCUT2D eigenvalue weighted by Crippen LogP contribution is 2.13. The molecule has 2 nitrogen and oxygen atoms in total. The number of methoxy groups -OCH3 is 1. The Kier molecular flexibility index (Phi) is 3.20. The van der Waals surface area contributed by atoms with Crippen LogP contribution in [0.15, 0.2) is 54.6 Å². The molecule has 2 heteroatoms. The molecule has 2 rings (SSSR count). The second-order valence-corrected chi connectivity index (χ2v) is 3.29. The summed E-state index contributed by atoms with van der Waals surface area (Å²) in [6.07, 6.45) is 0. The molecule has 0 fully saturated rings. The van der Waals surface area contributed by atoms with Gasteiger partial charge in [0.1, 0.15) is 11.3 Å². The van der Waals surface area contributed by atoms with E-state index in [1.165, 1.54) is 0 Å². The first kappa shape index (κ1) is 10.3. The van der Waals surface area contributed by atoms with Crippen molar-refractivity contribution >= 4 is 5.69 Å². The van der Waals surface area contributed by atoms with Crippen molar-refractivity contribution in [1.29, 1.82) is 0 Å². The molecule has 0 spiro atoms. The van der Waals surface area contributed by atoms with Gasteiger partial charge in [-0.2, -0.15) is 0 Å². The first-order chi connectivity index (χ1) is 7.88. The molecule has 0 heterocycles. The quantitative estimate of drug-likeness (QED) is 0.699. The summed E-state index contributed by atoms with van der Waals surface area (Å²) in [5, 5.41) is 0. The molecule has 0 saturated carbocycles. The van der Waals surface area contributed by atoms with E-state index < -0.39 is 0 Å². The lowest BCUT2D eigenvalue weighted by Crippen LogP contribution is -1.81. The molecule has 0 N–H and O–H groups in total. The van der Waals surface area contributed by atoms with E-state index in [1.807, 2.05) is 54.6 Å². The molecule has 0 bridgehead atoms. The van der Waals surface area contributed by atoms with E-state index in [4.69, 9.17) is 4.74 Å². The zero-order valence-electron chi connectivity index (χ0n) is 9.05. The Morgan fingerprint density at radius 3 is 2.25 bits per heavy atom. The Bertz CT molecular complexity index is 506. The van der Waals surface area contributed by atoms with Gasteiger partial charge in [-0.3, -0.25) is 0 Å². The van der Waals surface area contributed by atoms with Gasteiger partial charge in [-0.05, 0) is 29.1 Å². The SMILES string of the molecule is COc1ccc(C#[N+]c2ccccc2)cc1. The maximum absolute atomic E-state index is 5.07. The van der Waals surface area contributed by atoms with Crippen molar-refractivity contribution in [2.45, 2.75) is 0 Å². The van der Waals surface area contributed by atoms with Crippen molar-refractivity contribution < 1.29 is 4.74 Å². The largest absolute Gasteiger partial charge is 0.497 e. The summed E-state index contributed by atoms with van der Waals surface area (Å²) in [4.78, 5) is 4.24. The van der Waals surface area contributed by atoms with E-state index in [9.17, 15) is 0 Å². The number of nitrogens with zero attached hydrogens (tertiary/aromatic N) is 1. The van der Waals surface area contributed by atoms with Gasteiger partial charge in [-0.25, -0.2) is 0 Å². The molecule has 0 aromatic heterocycles. The highest BCUT2D eigenvalue weighted by molar-refractivity contribution is 5.48. The molecule has 0 aliphatic carbocycles. The lowest BCUT2D eigenvalue weighted by Gasteiger charge is -1.95. The summed E-state index contributed by atoms with van der Waals surface area (Å²) in [6.45, 7) is 0. The number of benzene rings is 2. The van der Waals surface area contributed by atoms with E-state index in [-0.39, 0.29) is 0 Å². The number of rotatable bonds is 1. The predicted molar refractivity (Wildman–Crippen MR) is 65.4 cm³/mol. The topological polar surface area (TPSA) is 13.6 Å². The molecular formula is C14H12NO+. The van der Waals surface area contributed by atoms with Crippen LogP contribution in [0.25, 0.3) is 4.85 Å². The van der Waals surface area contributed by atoms with Crippen LogP contribution < -0.4 is 4.74 Å². The molecule has 0 amide bonds. The van der Waals surface area contributed by atoms with Gasteiger partial charge < -0.3 is 4.74 Å². The average molecular weight is 210 g/mol. The summed E-state index contributed by atoms with van der Waals surface area (Å²) in [5.41, 5.74) is 1.84. The van der Waals surface area contributed by atoms with Crippen LogP contribution in [0, 0.1) is 6.07 Å². The summed E-state index contributed by atoms with van der Waals surface area (Å²) < 4.78 is 5.07. The summed E-state index contributed by atoms with van der Waals surface area (Å²) in [7, 11) is 1.65. The van der Waals surface area contributed by atoms with Gasteiger partial charge in [0, 0.05) is 12.1 Å². The Hall–Kier alpha value is -2.27. The third-order valence-corrected chi connectivity index (χ3v) is 2.16. The van der Waals surface area contributed by atoms with Gasteiger partial charge in [-0.1, -0.05) is 18.2 Å². The third kappa shape index (κ3) is 2.61. The van der Waals surface area contributed by atoms with Crippen LogP contribution in [0.3, 0.4) is 0 Å². The van der Waals surface area contributed by atoms with Gasteiger partial charge in [-0.15, -0.1) is 0 Å². The van der Waals surface area contributed by atoms with Crippen LogP contribution >= 0.6 is 0 Å². The van der Waals surface area contributed by atoms with E-state index in [1.54, 1.807) is 7.11 Å². The van der Waals surface area contributed by atoms with Crippen molar-refractivity contribution in [2.24, 2.45) is 0 Å². The first-order valence-electron chi connectivity index (χ1n) is 5.04. The van der Waals surface area contributed by atoms with Crippen LogP contribution in [-0.4, -0.2) is 7.11 Å². The second kappa shape index (κ2) is 4.99. The standard InChI is InChI=1S/C14H12NO/c1-16-14-9-7-12(8-10-14)11-15-13-5-3-2-4-6-13/h2-10H,1H3/q+1. The van der Waals surface area contributed by atoms with E-state index in [0.717, 1.165) is 17.0 Å². The van der Waals surface area contributed by atoms with Gasteiger partial charge in [0.2, 0.25) is 0 Å². The monoisotopic (exact) mass is 210 g/mol. The average Bonchev–Trinajstić information content (AvgIpc) is 2.38. The Morgan fingerprint density at radius 1 is 0.938 bits per heavy atom. The summed E-state index contributed by atoms with van der Waals surface area (Å²) >= 11 is 0. The minimum atomic E-state index is 0.838. The van der Waals surface area contributed by atoms with E-state index in [2.05, 4.69) is 10.9 Å². The van der Waals surface area contributed by atoms with Crippen LogP contribution in [0.2, 0.25) is 0 Å². The zero-order chi connectivity index (χ0) is 11.2. The molecular weight excluding hydrogens is 198 g/mol. The predicted octanol–water partition coefficient (Wildman–Crippen LogP) is 3.71. The normalized spacial score (nSPS) is 9.06. The smallest absolute Gasteiger partial charge is 0.340 e. The molecule has 0 unspecified atom stereocenters. The van der Waals surface area contributed by atoms with Crippen LogP contribution in [0.4, 0.5) is 5.69 Å². The van der Waals surface area contributed by atoms with Crippen molar-refractivity contribution in [3.05, 3.63) is 65.0 Å². The molecule has 78 valence electrons. The fourth-order valence-corrected chi connectivity index (χ4v) is 1.30. The Labute approximate surface area is 94.9 Å². The first-order valence-corrected chi connectivity index (χ1v) is 5.04.